The normalized spacial score (nSPS) is 21.4. The van der Waals surface area contributed by atoms with Gasteiger partial charge in [-0.1, -0.05) is 0 Å². The van der Waals surface area contributed by atoms with Crippen molar-refractivity contribution in [2.24, 2.45) is 5.92 Å². The van der Waals surface area contributed by atoms with E-state index in [9.17, 15) is 13.2 Å². The predicted octanol–water partition coefficient (Wildman–Crippen LogP) is 2.02. The van der Waals surface area contributed by atoms with Gasteiger partial charge in [-0.25, -0.2) is 0 Å². The lowest BCUT2D eigenvalue weighted by molar-refractivity contribution is -0.143. The van der Waals surface area contributed by atoms with Crippen LogP contribution in [-0.2, 0) is 0 Å². The molecule has 2 heterocycles. The molecule has 1 saturated heterocycles. The Morgan fingerprint density at radius 1 is 1.56 bits per heavy atom. The molecule has 0 radical (unpaired) electrons. The van der Waals surface area contributed by atoms with Crippen LogP contribution in [-0.4, -0.2) is 41.6 Å². The second kappa shape index (κ2) is 5.31. The van der Waals surface area contributed by atoms with Crippen LogP contribution in [0.1, 0.15) is 6.42 Å². The first kappa shape index (κ1) is 13.4. The number of nitrogens with two attached hydrogens (primary N) is 1. The first-order chi connectivity index (χ1) is 8.42. The summed E-state index contributed by atoms with van der Waals surface area (Å²) in [6.07, 6.45) is -3.31. The van der Waals surface area contributed by atoms with Gasteiger partial charge < -0.3 is 11.1 Å². The molecule has 1 aromatic heterocycles. The van der Waals surface area contributed by atoms with E-state index in [1.807, 2.05) is 0 Å². The number of nitrogens with one attached hydrogen (secondary N) is 1. The molecule has 1 aliphatic heterocycles. The Balaban J connectivity index is 1.73. The Morgan fingerprint density at radius 2 is 2.33 bits per heavy atom. The Hall–Kier alpha value is -1.02. The molecule has 0 aliphatic carbocycles. The Morgan fingerprint density at radius 3 is 2.94 bits per heavy atom. The van der Waals surface area contributed by atoms with Crippen LogP contribution in [0.5, 0.6) is 0 Å². The molecule has 1 atom stereocenters. The van der Waals surface area contributed by atoms with E-state index in [1.165, 1.54) is 16.4 Å². The fourth-order valence-electron chi connectivity index (χ4n) is 2.09. The zero-order valence-corrected chi connectivity index (χ0v) is 10.5. The van der Waals surface area contributed by atoms with E-state index in [2.05, 4.69) is 9.69 Å². The van der Waals surface area contributed by atoms with Crippen LogP contribution >= 0.6 is 11.5 Å². The summed E-state index contributed by atoms with van der Waals surface area (Å²) < 4.78 is 40.6. The average Bonchev–Trinajstić information content (AvgIpc) is 2.82. The van der Waals surface area contributed by atoms with Gasteiger partial charge in [0.15, 0.2) is 0 Å². The molecule has 0 amide bonds. The van der Waals surface area contributed by atoms with Crippen LogP contribution in [0.2, 0.25) is 0 Å². The lowest BCUT2D eigenvalue weighted by atomic mass is 10.1. The van der Waals surface area contributed by atoms with E-state index in [1.54, 1.807) is 6.07 Å². The lowest BCUT2D eigenvalue weighted by Crippen LogP contribution is -2.33. The van der Waals surface area contributed by atoms with Crippen molar-refractivity contribution in [3.05, 3.63) is 6.07 Å². The number of halogens is 3. The molecule has 0 spiro atoms. The maximum atomic E-state index is 12.2. The Kier molecular flexibility index (Phi) is 3.96. The van der Waals surface area contributed by atoms with Gasteiger partial charge in [-0.3, -0.25) is 4.90 Å². The van der Waals surface area contributed by atoms with Crippen molar-refractivity contribution in [2.45, 2.75) is 12.6 Å². The third-order valence-corrected chi connectivity index (χ3v) is 3.63. The highest BCUT2D eigenvalue weighted by atomic mass is 32.1. The molecule has 18 heavy (non-hydrogen) atoms. The van der Waals surface area contributed by atoms with E-state index in [0.29, 0.717) is 25.5 Å². The summed E-state index contributed by atoms with van der Waals surface area (Å²) >= 11 is 1.26. The molecule has 2 rings (SSSR count). The number of alkyl halides is 3. The van der Waals surface area contributed by atoms with E-state index in [4.69, 9.17) is 5.73 Å². The molecule has 1 fully saturated rings. The monoisotopic (exact) mass is 280 g/mol. The summed E-state index contributed by atoms with van der Waals surface area (Å²) in [6, 6.07) is 1.73. The first-order valence-electron chi connectivity index (χ1n) is 5.67. The largest absolute Gasteiger partial charge is 0.401 e. The number of nitrogen functional groups attached to an aromatic ring is 1. The number of anilines is 2. The van der Waals surface area contributed by atoms with Gasteiger partial charge >= 0.3 is 6.18 Å². The lowest BCUT2D eigenvalue weighted by Gasteiger charge is -2.17. The van der Waals surface area contributed by atoms with E-state index >= 15 is 0 Å². The summed E-state index contributed by atoms with van der Waals surface area (Å²) in [4.78, 5) is 1.45. The van der Waals surface area contributed by atoms with Crippen LogP contribution in [0.25, 0.3) is 0 Å². The van der Waals surface area contributed by atoms with Crippen molar-refractivity contribution in [3.63, 3.8) is 0 Å². The van der Waals surface area contributed by atoms with Gasteiger partial charge in [-0.2, -0.15) is 17.5 Å². The molecule has 4 nitrogen and oxygen atoms in total. The summed E-state index contributed by atoms with van der Waals surface area (Å²) in [5, 5.41) is 4.02. The number of hydrogen-bond acceptors (Lipinski definition) is 5. The van der Waals surface area contributed by atoms with Crippen LogP contribution < -0.4 is 11.1 Å². The van der Waals surface area contributed by atoms with Crippen molar-refractivity contribution in [2.75, 3.05) is 37.2 Å². The highest BCUT2D eigenvalue weighted by Crippen LogP contribution is 2.24. The van der Waals surface area contributed by atoms with Crippen LogP contribution in [0, 0.1) is 5.92 Å². The van der Waals surface area contributed by atoms with Crippen molar-refractivity contribution in [3.8, 4) is 0 Å². The minimum Gasteiger partial charge on any atom is -0.383 e. The fraction of sp³-hybridized carbons (Fsp3) is 0.700. The zero-order chi connectivity index (χ0) is 13.2. The van der Waals surface area contributed by atoms with Gasteiger partial charge in [0.25, 0.3) is 0 Å². The topological polar surface area (TPSA) is 54.2 Å². The molecule has 1 aromatic rings. The van der Waals surface area contributed by atoms with Gasteiger partial charge in [0, 0.05) is 19.2 Å². The van der Waals surface area contributed by atoms with Gasteiger partial charge in [-0.05, 0) is 30.4 Å². The number of aromatic nitrogens is 1. The standard InChI is InChI=1S/C10H15F3N4S/c11-10(12,13)6-17-2-1-7(5-17)4-15-9-3-8(14)16-18-9/h3,7,15H,1-2,4-6H2,(H2,14,16). The summed E-state index contributed by atoms with van der Waals surface area (Å²) in [7, 11) is 0. The fourth-order valence-corrected chi connectivity index (χ4v) is 2.67. The highest BCUT2D eigenvalue weighted by molar-refractivity contribution is 7.10. The van der Waals surface area contributed by atoms with Crippen LogP contribution in [0.15, 0.2) is 6.07 Å². The molecule has 0 bridgehead atoms. The number of likely N-dealkylation sites (tertiary alicyclic amines) is 1. The van der Waals surface area contributed by atoms with Crippen molar-refractivity contribution in [1.29, 1.82) is 0 Å². The van der Waals surface area contributed by atoms with E-state index < -0.39 is 12.7 Å². The minimum absolute atomic E-state index is 0.246. The molecule has 3 N–H and O–H groups in total. The second-order valence-electron chi connectivity index (χ2n) is 4.50. The zero-order valence-electron chi connectivity index (χ0n) is 9.70. The summed E-state index contributed by atoms with van der Waals surface area (Å²) in [5.41, 5.74) is 5.48. The molecule has 0 saturated carbocycles. The smallest absolute Gasteiger partial charge is 0.383 e. The van der Waals surface area contributed by atoms with E-state index in [0.717, 1.165) is 11.4 Å². The third kappa shape index (κ3) is 4.02. The van der Waals surface area contributed by atoms with Crippen molar-refractivity contribution >= 4 is 22.4 Å². The van der Waals surface area contributed by atoms with E-state index in [-0.39, 0.29) is 5.92 Å². The number of nitrogens with zero attached hydrogens (tertiary/aromatic N) is 2. The second-order valence-corrected chi connectivity index (χ2v) is 5.31. The van der Waals surface area contributed by atoms with Gasteiger partial charge in [0.2, 0.25) is 0 Å². The quantitative estimate of drug-likeness (QED) is 0.886. The van der Waals surface area contributed by atoms with Crippen LogP contribution in [0.4, 0.5) is 24.0 Å². The summed E-state index contributed by atoms with van der Waals surface area (Å²) in [5.74, 6) is 0.711. The Labute approximate surface area is 107 Å². The maximum absolute atomic E-state index is 12.2. The van der Waals surface area contributed by atoms with Gasteiger partial charge in [-0.15, -0.1) is 0 Å². The average molecular weight is 280 g/mol. The molecular formula is C10H15F3N4S. The number of hydrogen-bond donors (Lipinski definition) is 2. The number of rotatable bonds is 4. The van der Waals surface area contributed by atoms with Crippen molar-refractivity contribution < 1.29 is 13.2 Å². The highest BCUT2D eigenvalue weighted by Gasteiger charge is 2.34. The van der Waals surface area contributed by atoms with Crippen molar-refractivity contribution in [1.82, 2.24) is 9.27 Å². The van der Waals surface area contributed by atoms with Crippen LogP contribution in [0.3, 0.4) is 0 Å². The molecule has 1 aliphatic rings. The molecule has 0 aromatic carbocycles. The third-order valence-electron chi connectivity index (χ3n) is 2.87. The predicted molar refractivity (Wildman–Crippen MR) is 65.6 cm³/mol. The first-order valence-corrected chi connectivity index (χ1v) is 6.45. The van der Waals surface area contributed by atoms with Gasteiger partial charge in [0.1, 0.15) is 10.8 Å². The molecule has 8 heteroatoms. The molecular weight excluding hydrogens is 265 g/mol. The SMILES string of the molecule is Nc1cc(NCC2CCN(CC(F)(F)F)C2)sn1. The minimum atomic E-state index is -4.10. The van der Waals surface area contributed by atoms with Gasteiger partial charge in [0.05, 0.1) is 6.54 Å². The maximum Gasteiger partial charge on any atom is 0.401 e. The molecule has 102 valence electrons. The molecule has 1 unspecified atom stereocenters. The summed E-state index contributed by atoms with van der Waals surface area (Å²) in [6.45, 7) is 0.852. The Bertz CT molecular complexity index is 393.